The topological polar surface area (TPSA) is 101 Å². The Morgan fingerprint density at radius 3 is 2.21 bits per heavy atom. The number of hydrogen-bond donors (Lipinski definition) is 3. The predicted molar refractivity (Wildman–Crippen MR) is 98.9 cm³/mol. The van der Waals surface area contributed by atoms with Crippen molar-refractivity contribution in [1.82, 2.24) is 10.6 Å². The van der Waals surface area contributed by atoms with Gasteiger partial charge in [-0.2, -0.15) is 0 Å². The second-order valence-electron chi connectivity index (χ2n) is 4.83. The molecule has 6 nitrogen and oxygen atoms in total. The molecule has 2 rings (SSSR count). The van der Waals surface area contributed by atoms with Crippen LogP contribution in [0.4, 0.5) is 0 Å². The zero-order valence-electron chi connectivity index (χ0n) is 12.3. The number of carbonyl (C=O) groups excluding carboxylic acids is 1. The van der Waals surface area contributed by atoms with Crippen LogP contribution in [0.1, 0.15) is 15.9 Å². The molecular weight excluding hydrogens is 414 g/mol. The first-order chi connectivity index (χ1) is 11.3. The molecule has 0 aromatic heterocycles. The van der Waals surface area contributed by atoms with Gasteiger partial charge in [0.25, 0.3) is 5.91 Å². The minimum atomic E-state index is -3.71. The Bertz CT molecular complexity index is 851. The molecular formula is C15H14BrN3O3S2. The van der Waals surface area contributed by atoms with Crippen molar-refractivity contribution in [2.75, 3.05) is 0 Å². The Labute approximate surface area is 153 Å². The Hall–Kier alpha value is -1.81. The van der Waals surface area contributed by atoms with E-state index in [1.54, 1.807) is 36.4 Å². The van der Waals surface area contributed by atoms with Crippen LogP contribution in [-0.4, -0.2) is 19.4 Å². The molecule has 0 saturated carbocycles. The van der Waals surface area contributed by atoms with Gasteiger partial charge >= 0.3 is 0 Å². The molecule has 0 radical (unpaired) electrons. The van der Waals surface area contributed by atoms with Gasteiger partial charge in [0.15, 0.2) is 5.11 Å². The molecule has 0 aliphatic rings. The summed E-state index contributed by atoms with van der Waals surface area (Å²) >= 11 is 8.37. The van der Waals surface area contributed by atoms with Gasteiger partial charge in [0, 0.05) is 16.6 Å². The van der Waals surface area contributed by atoms with Crippen LogP contribution in [-0.2, 0) is 16.6 Å². The molecule has 0 atom stereocenters. The summed E-state index contributed by atoms with van der Waals surface area (Å²) in [5.41, 5.74) is 1.28. The van der Waals surface area contributed by atoms with Gasteiger partial charge in [-0.3, -0.25) is 10.1 Å². The first-order valence-electron chi connectivity index (χ1n) is 6.72. The zero-order chi connectivity index (χ0) is 17.7. The van der Waals surface area contributed by atoms with Crippen molar-refractivity contribution in [3.05, 3.63) is 64.1 Å². The smallest absolute Gasteiger partial charge is 0.257 e. The molecule has 1 amide bonds. The van der Waals surface area contributed by atoms with E-state index in [1.807, 2.05) is 0 Å². The number of thiocarbonyl (C=S) groups is 1. The molecule has 0 bridgehead atoms. The number of primary sulfonamides is 1. The average Bonchev–Trinajstić information content (AvgIpc) is 2.53. The van der Waals surface area contributed by atoms with Crippen LogP contribution in [0.25, 0.3) is 0 Å². The second kappa shape index (κ2) is 7.84. The average molecular weight is 428 g/mol. The Morgan fingerprint density at radius 2 is 1.67 bits per heavy atom. The summed E-state index contributed by atoms with van der Waals surface area (Å²) in [6.45, 7) is 0.338. The van der Waals surface area contributed by atoms with E-state index in [2.05, 4.69) is 26.6 Å². The largest absolute Gasteiger partial charge is 0.358 e. The van der Waals surface area contributed by atoms with Crippen LogP contribution in [0.5, 0.6) is 0 Å². The van der Waals surface area contributed by atoms with E-state index in [1.165, 1.54) is 12.1 Å². The highest BCUT2D eigenvalue weighted by atomic mass is 79.9. The van der Waals surface area contributed by atoms with Gasteiger partial charge in [-0.25, -0.2) is 13.6 Å². The molecule has 0 saturated heterocycles. The van der Waals surface area contributed by atoms with Crippen LogP contribution >= 0.6 is 28.1 Å². The summed E-state index contributed by atoms with van der Waals surface area (Å²) in [7, 11) is -3.71. The number of benzene rings is 2. The van der Waals surface area contributed by atoms with Crippen molar-refractivity contribution in [2.45, 2.75) is 11.4 Å². The maximum atomic E-state index is 12.0. The van der Waals surface area contributed by atoms with E-state index in [0.29, 0.717) is 12.1 Å². The lowest BCUT2D eigenvalue weighted by Crippen LogP contribution is -2.38. The van der Waals surface area contributed by atoms with Crippen molar-refractivity contribution < 1.29 is 13.2 Å². The summed E-state index contributed by atoms with van der Waals surface area (Å²) in [6.07, 6.45) is 0. The van der Waals surface area contributed by atoms with E-state index in [0.717, 1.165) is 10.0 Å². The fourth-order valence-electron chi connectivity index (χ4n) is 1.80. The van der Waals surface area contributed by atoms with Crippen LogP contribution in [0, 0.1) is 0 Å². The van der Waals surface area contributed by atoms with E-state index >= 15 is 0 Å². The Balaban J connectivity index is 1.89. The highest BCUT2D eigenvalue weighted by Gasteiger charge is 2.09. The Kier molecular flexibility index (Phi) is 6.05. The van der Waals surface area contributed by atoms with Gasteiger partial charge in [0.1, 0.15) is 0 Å². The fraction of sp³-hybridized carbons (Fsp3) is 0.0667. The number of nitrogens with two attached hydrogens (primary N) is 1. The number of hydrogen-bond acceptors (Lipinski definition) is 4. The number of carbonyl (C=O) groups is 1. The summed E-state index contributed by atoms with van der Waals surface area (Å²) in [4.78, 5) is 12.0. The molecule has 24 heavy (non-hydrogen) atoms. The number of rotatable bonds is 4. The first-order valence-corrected chi connectivity index (χ1v) is 9.47. The third-order valence-electron chi connectivity index (χ3n) is 3.04. The van der Waals surface area contributed by atoms with Gasteiger partial charge in [-0.15, -0.1) is 0 Å². The second-order valence-corrected chi connectivity index (χ2v) is 7.72. The molecule has 2 aromatic carbocycles. The minimum absolute atomic E-state index is 0.0392. The van der Waals surface area contributed by atoms with Crippen molar-refractivity contribution in [3.63, 3.8) is 0 Å². The number of nitrogens with one attached hydrogen (secondary N) is 2. The first kappa shape index (κ1) is 18.5. The predicted octanol–water partition coefficient (Wildman–Crippen LogP) is 1.90. The normalized spacial score (nSPS) is 10.9. The fourth-order valence-corrected chi connectivity index (χ4v) is 2.74. The molecule has 0 fully saturated rings. The van der Waals surface area contributed by atoms with Crippen molar-refractivity contribution in [1.29, 1.82) is 0 Å². The van der Waals surface area contributed by atoms with Gasteiger partial charge in [-0.1, -0.05) is 28.1 Å². The molecule has 2 aromatic rings. The lowest BCUT2D eigenvalue weighted by molar-refractivity contribution is 0.0976. The molecule has 0 spiro atoms. The van der Waals surface area contributed by atoms with Gasteiger partial charge < -0.3 is 5.32 Å². The standard InChI is InChI=1S/C15H14BrN3O3S2/c16-12-5-3-11(4-6-12)14(20)19-15(23)18-9-10-1-7-13(8-2-10)24(17,21)22/h1-8H,9H2,(H2,17,21,22)(H2,18,19,20,23). The summed E-state index contributed by atoms with van der Waals surface area (Å²) in [5, 5.41) is 10.7. The molecule has 0 unspecified atom stereocenters. The maximum Gasteiger partial charge on any atom is 0.257 e. The third-order valence-corrected chi connectivity index (χ3v) is 4.74. The molecule has 0 aliphatic heterocycles. The van der Waals surface area contributed by atoms with Crippen LogP contribution < -0.4 is 15.8 Å². The quantitative estimate of drug-likeness (QED) is 0.646. The van der Waals surface area contributed by atoms with E-state index in [-0.39, 0.29) is 15.9 Å². The molecule has 0 heterocycles. The van der Waals surface area contributed by atoms with Crippen molar-refractivity contribution >= 4 is 49.2 Å². The van der Waals surface area contributed by atoms with Crippen LogP contribution in [0.2, 0.25) is 0 Å². The molecule has 9 heteroatoms. The van der Waals surface area contributed by atoms with Crippen molar-refractivity contribution in [3.8, 4) is 0 Å². The SMILES string of the molecule is NS(=O)(=O)c1ccc(CNC(=S)NC(=O)c2ccc(Br)cc2)cc1. The molecule has 126 valence electrons. The third kappa shape index (κ3) is 5.38. The number of sulfonamides is 1. The van der Waals surface area contributed by atoms with E-state index in [9.17, 15) is 13.2 Å². The maximum absolute atomic E-state index is 12.0. The Morgan fingerprint density at radius 1 is 1.08 bits per heavy atom. The van der Waals surface area contributed by atoms with E-state index in [4.69, 9.17) is 17.4 Å². The monoisotopic (exact) mass is 427 g/mol. The molecule has 0 aliphatic carbocycles. The van der Waals surface area contributed by atoms with Crippen LogP contribution in [0.15, 0.2) is 57.9 Å². The lowest BCUT2D eigenvalue weighted by atomic mass is 10.2. The summed E-state index contributed by atoms with van der Waals surface area (Å²) in [5.74, 6) is -0.315. The highest BCUT2D eigenvalue weighted by Crippen LogP contribution is 2.10. The molecule has 4 N–H and O–H groups in total. The van der Waals surface area contributed by atoms with Gasteiger partial charge in [0.2, 0.25) is 10.0 Å². The number of amides is 1. The highest BCUT2D eigenvalue weighted by molar-refractivity contribution is 9.10. The summed E-state index contributed by atoms with van der Waals surface area (Å²) in [6, 6.07) is 12.9. The zero-order valence-corrected chi connectivity index (χ0v) is 15.5. The number of halogens is 1. The van der Waals surface area contributed by atoms with Crippen LogP contribution in [0.3, 0.4) is 0 Å². The lowest BCUT2D eigenvalue weighted by Gasteiger charge is -2.10. The van der Waals surface area contributed by atoms with Gasteiger partial charge in [0.05, 0.1) is 4.90 Å². The van der Waals surface area contributed by atoms with Crippen molar-refractivity contribution in [2.24, 2.45) is 5.14 Å². The van der Waals surface area contributed by atoms with E-state index < -0.39 is 10.0 Å². The summed E-state index contributed by atoms with van der Waals surface area (Å²) < 4.78 is 23.2. The van der Waals surface area contributed by atoms with Gasteiger partial charge in [-0.05, 0) is 54.2 Å². The minimum Gasteiger partial charge on any atom is -0.358 e.